The Kier molecular flexibility index (Phi) is 14.8. The molecule has 0 N–H and O–H groups in total. The maximum Gasteiger partial charge on any atom is 0.330 e. The van der Waals surface area contributed by atoms with Gasteiger partial charge in [0.1, 0.15) is 12.6 Å². The van der Waals surface area contributed by atoms with Crippen LogP contribution in [0.2, 0.25) is 0 Å². The van der Waals surface area contributed by atoms with Gasteiger partial charge in [0.2, 0.25) is 0 Å². The number of rotatable bonds is 16. The third kappa shape index (κ3) is 15.4. The molecule has 0 saturated carbocycles. The van der Waals surface area contributed by atoms with Crippen LogP contribution in [0, 0.1) is 5.41 Å². The van der Waals surface area contributed by atoms with Crippen LogP contribution in [-0.4, -0.2) is 37.9 Å². The van der Waals surface area contributed by atoms with Crippen LogP contribution in [0.3, 0.4) is 0 Å². The number of aliphatic imine (C=N–C) groups is 1. The quantitative estimate of drug-likeness (QED) is 0.200. The lowest BCUT2D eigenvalue weighted by atomic mass is 9.97. The monoisotopic (exact) mass is 383 g/mol. The molecule has 0 aliphatic carbocycles. The van der Waals surface area contributed by atoms with E-state index in [0.717, 1.165) is 12.8 Å². The van der Waals surface area contributed by atoms with E-state index in [1.807, 2.05) is 13.8 Å². The second-order valence-electron chi connectivity index (χ2n) is 8.06. The van der Waals surface area contributed by atoms with Gasteiger partial charge in [-0.3, -0.25) is 9.79 Å². The highest BCUT2D eigenvalue weighted by Crippen LogP contribution is 2.15. The highest BCUT2D eigenvalue weighted by atomic mass is 16.5. The number of carbonyl (C=O) groups excluding carboxylic acids is 2. The van der Waals surface area contributed by atoms with E-state index in [1.54, 1.807) is 13.1 Å². The van der Waals surface area contributed by atoms with Crippen molar-refractivity contribution < 1.29 is 19.1 Å². The van der Waals surface area contributed by atoms with Crippen molar-refractivity contribution in [1.82, 2.24) is 0 Å². The van der Waals surface area contributed by atoms with Crippen LogP contribution in [0.25, 0.3) is 0 Å². The average Bonchev–Trinajstić information content (AvgIpc) is 2.65. The summed E-state index contributed by atoms with van der Waals surface area (Å²) in [6, 6.07) is -0.545. The van der Waals surface area contributed by atoms with E-state index < -0.39 is 11.5 Å². The number of ether oxygens (including phenoxy) is 2. The molecule has 1 unspecified atom stereocenters. The molecule has 0 bridgehead atoms. The smallest absolute Gasteiger partial charge is 0.330 e. The van der Waals surface area contributed by atoms with Gasteiger partial charge in [0.25, 0.3) is 0 Å². The Morgan fingerprint density at radius 2 is 1.48 bits per heavy atom. The van der Waals surface area contributed by atoms with Crippen LogP contribution in [0.1, 0.15) is 98.3 Å². The number of esters is 2. The molecule has 0 radical (unpaired) electrons. The Balaban J connectivity index is 3.75. The maximum atomic E-state index is 11.9. The second kappa shape index (κ2) is 15.6. The van der Waals surface area contributed by atoms with Crippen LogP contribution < -0.4 is 0 Å². The molecule has 5 heteroatoms. The van der Waals surface area contributed by atoms with Gasteiger partial charge in [0.15, 0.2) is 0 Å². The number of methoxy groups -OCH3 is 1. The summed E-state index contributed by atoms with van der Waals surface area (Å²) in [5.41, 5.74) is -0.407. The predicted octanol–water partition coefficient (Wildman–Crippen LogP) is 5.50. The van der Waals surface area contributed by atoms with Crippen molar-refractivity contribution >= 4 is 18.2 Å². The van der Waals surface area contributed by atoms with E-state index in [1.165, 1.54) is 58.5 Å². The SMILES string of the molecule is CCCCCCCCCCCCC(=O)OCC(C)(C)/C=N/C(C)C(=O)OC. The van der Waals surface area contributed by atoms with E-state index >= 15 is 0 Å². The Hall–Kier alpha value is -1.39. The second-order valence-corrected chi connectivity index (χ2v) is 8.06. The molecule has 158 valence electrons. The molecule has 27 heavy (non-hydrogen) atoms. The fourth-order valence-electron chi connectivity index (χ4n) is 2.68. The highest BCUT2D eigenvalue weighted by Gasteiger charge is 2.19. The Morgan fingerprint density at radius 1 is 0.963 bits per heavy atom. The minimum absolute atomic E-state index is 0.156. The van der Waals surface area contributed by atoms with Crippen LogP contribution in [-0.2, 0) is 19.1 Å². The van der Waals surface area contributed by atoms with Crippen molar-refractivity contribution in [2.24, 2.45) is 10.4 Å². The summed E-state index contributed by atoms with van der Waals surface area (Å²) in [5.74, 6) is -0.530. The molecule has 0 aromatic rings. The summed E-state index contributed by atoms with van der Waals surface area (Å²) < 4.78 is 10.0. The highest BCUT2D eigenvalue weighted by molar-refractivity contribution is 5.78. The van der Waals surface area contributed by atoms with E-state index in [9.17, 15) is 9.59 Å². The van der Waals surface area contributed by atoms with Crippen molar-refractivity contribution in [2.45, 2.75) is 104 Å². The summed E-state index contributed by atoms with van der Waals surface area (Å²) in [6.45, 7) is 8.03. The molecular weight excluding hydrogens is 342 g/mol. The van der Waals surface area contributed by atoms with E-state index in [0.29, 0.717) is 6.42 Å². The Morgan fingerprint density at radius 3 is 2.00 bits per heavy atom. The molecule has 0 aliphatic rings. The molecule has 0 aliphatic heterocycles. The van der Waals surface area contributed by atoms with Crippen molar-refractivity contribution in [3.63, 3.8) is 0 Å². The van der Waals surface area contributed by atoms with Crippen molar-refractivity contribution in [2.75, 3.05) is 13.7 Å². The molecule has 0 spiro atoms. The summed E-state index contributed by atoms with van der Waals surface area (Å²) in [4.78, 5) is 27.4. The largest absolute Gasteiger partial charge is 0.467 e. The third-order valence-electron chi connectivity index (χ3n) is 4.53. The van der Waals surface area contributed by atoms with Crippen molar-refractivity contribution in [3.8, 4) is 0 Å². The van der Waals surface area contributed by atoms with Gasteiger partial charge >= 0.3 is 11.9 Å². The van der Waals surface area contributed by atoms with Crippen LogP contribution in [0.4, 0.5) is 0 Å². The third-order valence-corrected chi connectivity index (χ3v) is 4.53. The molecule has 0 saturated heterocycles. The van der Waals surface area contributed by atoms with Gasteiger partial charge in [0.05, 0.1) is 7.11 Å². The van der Waals surface area contributed by atoms with E-state index in [2.05, 4.69) is 16.7 Å². The first-order chi connectivity index (χ1) is 12.8. The first kappa shape index (κ1) is 25.6. The number of nitrogens with zero attached hydrogens (tertiary/aromatic N) is 1. The standard InChI is InChI=1S/C22H41NO4/c1-6-7-8-9-10-11-12-13-14-15-16-20(24)27-18-22(3,4)17-23-19(2)21(25)26-5/h17,19H,6-16,18H2,1-5H3/b23-17+. The summed E-state index contributed by atoms with van der Waals surface area (Å²) in [5, 5.41) is 0. The minimum Gasteiger partial charge on any atom is -0.467 e. The molecule has 1 atom stereocenters. The van der Waals surface area contributed by atoms with Crippen molar-refractivity contribution in [1.29, 1.82) is 0 Å². The molecule has 0 aromatic heterocycles. The molecule has 0 amide bonds. The first-order valence-corrected chi connectivity index (χ1v) is 10.6. The van der Waals surface area contributed by atoms with Crippen LogP contribution in [0.15, 0.2) is 4.99 Å². The summed E-state index contributed by atoms with van der Waals surface area (Å²) in [7, 11) is 1.34. The lowest BCUT2D eigenvalue weighted by molar-refractivity contribution is -0.145. The van der Waals surface area contributed by atoms with Gasteiger partial charge in [0, 0.05) is 18.1 Å². The van der Waals surface area contributed by atoms with Gasteiger partial charge in [-0.15, -0.1) is 0 Å². The zero-order chi connectivity index (χ0) is 20.5. The maximum absolute atomic E-state index is 11.9. The molecule has 5 nitrogen and oxygen atoms in total. The zero-order valence-corrected chi connectivity index (χ0v) is 18.2. The normalized spacial score (nSPS) is 12.9. The van der Waals surface area contributed by atoms with Gasteiger partial charge < -0.3 is 9.47 Å². The van der Waals surface area contributed by atoms with Gasteiger partial charge in [-0.05, 0) is 13.3 Å². The Bertz CT molecular complexity index is 432. The van der Waals surface area contributed by atoms with Gasteiger partial charge in [-0.25, -0.2) is 4.79 Å². The number of hydrogen-bond donors (Lipinski definition) is 0. The van der Waals surface area contributed by atoms with Crippen LogP contribution >= 0.6 is 0 Å². The fourth-order valence-corrected chi connectivity index (χ4v) is 2.68. The van der Waals surface area contributed by atoms with Crippen molar-refractivity contribution in [3.05, 3.63) is 0 Å². The molecule has 0 rings (SSSR count). The van der Waals surface area contributed by atoms with Gasteiger partial charge in [-0.2, -0.15) is 0 Å². The first-order valence-electron chi connectivity index (χ1n) is 10.6. The average molecular weight is 384 g/mol. The molecule has 0 aromatic carbocycles. The molecular formula is C22H41NO4. The topological polar surface area (TPSA) is 65.0 Å². The minimum atomic E-state index is -0.545. The zero-order valence-electron chi connectivity index (χ0n) is 18.2. The fraction of sp³-hybridized carbons (Fsp3) is 0.864. The molecule has 0 heterocycles. The van der Waals surface area contributed by atoms with Crippen LogP contribution in [0.5, 0.6) is 0 Å². The van der Waals surface area contributed by atoms with E-state index in [4.69, 9.17) is 4.74 Å². The lowest BCUT2D eigenvalue weighted by Gasteiger charge is -2.19. The Labute approximate surface area is 166 Å². The lowest BCUT2D eigenvalue weighted by Crippen LogP contribution is -2.25. The number of carbonyl (C=O) groups is 2. The van der Waals surface area contributed by atoms with E-state index in [-0.39, 0.29) is 18.5 Å². The van der Waals surface area contributed by atoms with Gasteiger partial charge in [-0.1, -0.05) is 78.6 Å². The predicted molar refractivity (Wildman–Crippen MR) is 111 cm³/mol. The molecule has 0 fully saturated rings. The number of hydrogen-bond acceptors (Lipinski definition) is 5. The summed E-state index contributed by atoms with van der Waals surface area (Å²) >= 11 is 0. The summed E-state index contributed by atoms with van der Waals surface area (Å²) in [6.07, 6.45) is 14.6. The number of unbranched alkanes of at least 4 members (excludes halogenated alkanes) is 9.